The van der Waals surface area contributed by atoms with Gasteiger partial charge in [0.1, 0.15) is 0 Å². The van der Waals surface area contributed by atoms with Crippen molar-refractivity contribution in [1.29, 1.82) is 0 Å². The molecular weight excluding hydrogens is 302 g/mol. The Hall–Kier alpha value is -0.160. The molecule has 0 radical (unpaired) electrons. The van der Waals surface area contributed by atoms with Crippen LogP contribution in [-0.4, -0.2) is 48.7 Å². The molecular formula is C20H43NO3. The van der Waals surface area contributed by atoms with Gasteiger partial charge >= 0.3 is 0 Å². The van der Waals surface area contributed by atoms with Gasteiger partial charge < -0.3 is 20.3 Å². The molecule has 0 amide bonds. The number of aliphatic hydroxyl groups is 2. The molecule has 1 atom stereocenters. The van der Waals surface area contributed by atoms with Crippen molar-refractivity contribution in [3.8, 4) is 0 Å². The molecule has 24 heavy (non-hydrogen) atoms. The Labute approximate surface area is 150 Å². The van der Waals surface area contributed by atoms with Crippen LogP contribution in [0.2, 0.25) is 0 Å². The SMILES string of the molecule is CCCCCCCCCCCCCCOCC(C)(O)CNCCO. The van der Waals surface area contributed by atoms with Crippen LogP contribution in [0.4, 0.5) is 0 Å². The number of hydrogen-bond acceptors (Lipinski definition) is 4. The number of unbranched alkanes of at least 4 members (excludes halogenated alkanes) is 11. The maximum atomic E-state index is 10.1. The number of aliphatic hydroxyl groups excluding tert-OH is 1. The second-order valence-corrected chi connectivity index (χ2v) is 7.34. The van der Waals surface area contributed by atoms with Crippen molar-refractivity contribution < 1.29 is 14.9 Å². The molecule has 1 unspecified atom stereocenters. The predicted molar refractivity (Wildman–Crippen MR) is 102 cm³/mol. The van der Waals surface area contributed by atoms with E-state index in [1.165, 1.54) is 70.6 Å². The van der Waals surface area contributed by atoms with Crippen molar-refractivity contribution in [2.45, 2.75) is 96.5 Å². The lowest BCUT2D eigenvalue weighted by Crippen LogP contribution is -2.42. The van der Waals surface area contributed by atoms with E-state index in [0.29, 0.717) is 19.7 Å². The molecule has 0 aromatic carbocycles. The second kappa shape index (κ2) is 17.7. The summed E-state index contributed by atoms with van der Waals surface area (Å²) in [5.41, 5.74) is -0.855. The highest BCUT2D eigenvalue weighted by molar-refractivity contribution is 4.74. The van der Waals surface area contributed by atoms with Gasteiger partial charge in [0.15, 0.2) is 0 Å². The van der Waals surface area contributed by atoms with Gasteiger partial charge in [0.2, 0.25) is 0 Å². The molecule has 0 spiro atoms. The van der Waals surface area contributed by atoms with Crippen LogP contribution in [-0.2, 0) is 4.74 Å². The first kappa shape index (κ1) is 23.8. The average molecular weight is 346 g/mol. The van der Waals surface area contributed by atoms with E-state index in [0.717, 1.165) is 13.0 Å². The minimum absolute atomic E-state index is 0.0930. The normalized spacial score (nSPS) is 14.0. The average Bonchev–Trinajstić information content (AvgIpc) is 2.55. The molecule has 0 rings (SSSR count). The summed E-state index contributed by atoms with van der Waals surface area (Å²) in [5, 5.41) is 21.8. The van der Waals surface area contributed by atoms with Crippen molar-refractivity contribution in [1.82, 2.24) is 5.32 Å². The zero-order chi connectivity index (χ0) is 17.9. The Bertz CT molecular complexity index is 247. The monoisotopic (exact) mass is 345 g/mol. The van der Waals surface area contributed by atoms with E-state index in [9.17, 15) is 5.11 Å². The lowest BCUT2D eigenvalue weighted by Gasteiger charge is -2.23. The van der Waals surface area contributed by atoms with Crippen LogP contribution < -0.4 is 5.32 Å². The van der Waals surface area contributed by atoms with Gasteiger partial charge in [-0.15, -0.1) is 0 Å². The van der Waals surface area contributed by atoms with Gasteiger partial charge in [0, 0.05) is 19.7 Å². The van der Waals surface area contributed by atoms with Crippen molar-refractivity contribution in [3.63, 3.8) is 0 Å². The van der Waals surface area contributed by atoms with E-state index in [1.807, 2.05) is 0 Å². The van der Waals surface area contributed by atoms with E-state index >= 15 is 0 Å². The zero-order valence-corrected chi connectivity index (χ0v) is 16.3. The largest absolute Gasteiger partial charge is 0.395 e. The summed E-state index contributed by atoms with van der Waals surface area (Å²) >= 11 is 0. The Morgan fingerprint density at radius 2 is 1.33 bits per heavy atom. The van der Waals surface area contributed by atoms with Gasteiger partial charge in [-0.3, -0.25) is 0 Å². The fourth-order valence-corrected chi connectivity index (χ4v) is 2.82. The third-order valence-corrected chi connectivity index (χ3v) is 4.35. The molecule has 0 bridgehead atoms. The minimum Gasteiger partial charge on any atom is -0.395 e. The third-order valence-electron chi connectivity index (χ3n) is 4.35. The van der Waals surface area contributed by atoms with Crippen LogP contribution in [0.5, 0.6) is 0 Å². The minimum atomic E-state index is -0.855. The van der Waals surface area contributed by atoms with E-state index < -0.39 is 5.60 Å². The van der Waals surface area contributed by atoms with Gasteiger partial charge in [-0.1, -0.05) is 77.6 Å². The van der Waals surface area contributed by atoms with Crippen LogP contribution in [0.25, 0.3) is 0 Å². The summed E-state index contributed by atoms with van der Waals surface area (Å²) in [7, 11) is 0. The first-order valence-electron chi connectivity index (χ1n) is 10.2. The molecule has 0 fully saturated rings. The van der Waals surface area contributed by atoms with Gasteiger partial charge in [0.25, 0.3) is 0 Å². The molecule has 3 N–H and O–H groups in total. The molecule has 0 aromatic heterocycles. The fraction of sp³-hybridized carbons (Fsp3) is 1.00. The van der Waals surface area contributed by atoms with Crippen LogP contribution in [0, 0.1) is 0 Å². The summed E-state index contributed by atoms with van der Waals surface area (Å²) in [6, 6.07) is 0. The molecule has 4 heteroatoms. The van der Waals surface area contributed by atoms with Crippen molar-refractivity contribution in [2.24, 2.45) is 0 Å². The topological polar surface area (TPSA) is 61.7 Å². The Morgan fingerprint density at radius 3 is 1.83 bits per heavy atom. The molecule has 4 nitrogen and oxygen atoms in total. The van der Waals surface area contributed by atoms with Crippen LogP contribution in [0.3, 0.4) is 0 Å². The molecule has 0 saturated heterocycles. The highest BCUT2D eigenvalue weighted by atomic mass is 16.5. The maximum Gasteiger partial charge on any atom is 0.0975 e. The Balaban J connectivity index is 3.19. The Morgan fingerprint density at radius 1 is 0.833 bits per heavy atom. The summed E-state index contributed by atoms with van der Waals surface area (Å²) < 4.78 is 5.57. The van der Waals surface area contributed by atoms with E-state index in [4.69, 9.17) is 9.84 Å². The van der Waals surface area contributed by atoms with Crippen LogP contribution in [0.15, 0.2) is 0 Å². The number of ether oxygens (including phenoxy) is 1. The van der Waals surface area contributed by atoms with E-state index in [2.05, 4.69) is 12.2 Å². The lowest BCUT2D eigenvalue weighted by molar-refractivity contribution is -0.0333. The molecule has 0 aliphatic rings. The van der Waals surface area contributed by atoms with E-state index in [1.54, 1.807) is 6.92 Å². The summed E-state index contributed by atoms with van der Waals surface area (Å²) in [6.07, 6.45) is 16.1. The van der Waals surface area contributed by atoms with Gasteiger partial charge in [-0.05, 0) is 13.3 Å². The molecule has 0 heterocycles. The third kappa shape index (κ3) is 18.2. The van der Waals surface area contributed by atoms with Gasteiger partial charge in [-0.2, -0.15) is 0 Å². The fourth-order valence-electron chi connectivity index (χ4n) is 2.82. The number of nitrogens with one attached hydrogen (secondary N) is 1. The molecule has 0 aliphatic heterocycles. The number of hydrogen-bond donors (Lipinski definition) is 3. The quantitative estimate of drug-likeness (QED) is 0.309. The highest BCUT2D eigenvalue weighted by Crippen LogP contribution is 2.12. The van der Waals surface area contributed by atoms with Crippen molar-refractivity contribution in [3.05, 3.63) is 0 Å². The second-order valence-electron chi connectivity index (χ2n) is 7.34. The van der Waals surface area contributed by atoms with Crippen LogP contribution in [0.1, 0.15) is 90.9 Å². The first-order chi connectivity index (χ1) is 11.6. The maximum absolute atomic E-state index is 10.1. The van der Waals surface area contributed by atoms with Crippen LogP contribution >= 0.6 is 0 Å². The Kier molecular flexibility index (Phi) is 17.5. The summed E-state index contributed by atoms with van der Waals surface area (Å²) in [4.78, 5) is 0. The smallest absolute Gasteiger partial charge is 0.0975 e. The summed E-state index contributed by atoms with van der Waals surface area (Å²) in [6.45, 7) is 6.16. The van der Waals surface area contributed by atoms with Gasteiger partial charge in [0.05, 0.1) is 18.8 Å². The highest BCUT2D eigenvalue weighted by Gasteiger charge is 2.19. The van der Waals surface area contributed by atoms with Gasteiger partial charge in [-0.25, -0.2) is 0 Å². The van der Waals surface area contributed by atoms with Crippen molar-refractivity contribution >= 4 is 0 Å². The van der Waals surface area contributed by atoms with E-state index in [-0.39, 0.29) is 6.61 Å². The standard InChI is InChI=1S/C20H43NO3/c1-3-4-5-6-7-8-9-10-11-12-13-14-17-24-19-20(2,23)18-21-15-16-22/h21-23H,3-19H2,1-2H3. The summed E-state index contributed by atoms with van der Waals surface area (Å²) in [5.74, 6) is 0. The predicted octanol–water partition coefficient (Wildman–Crippen LogP) is 4.04. The molecule has 0 saturated carbocycles. The lowest BCUT2D eigenvalue weighted by atomic mass is 10.1. The molecule has 0 aromatic rings. The number of rotatable bonds is 19. The first-order valence-corrected chi connectivity index (χ1v) is 10.2. The molecule has 0 aliphatic carbocycles. The zero-order valence-electron chi connectivity index (χ0n) is 16.3. The molecule has 146 valence electrons. The van der Waals surface area contributed by atoms with Crippen molar-refractivity contribution in [2.75, 3.05) is 32.9 Å².